The summed E-state index contributed by atoms with van der Waals surface area (Å²) in [5.74, 6) is -4.70. The first-order chi connectivity index (χ1) is 10.1. The molecule has 3 rings (SSSR count). The van der Waals surface area contributed by atoms with Crippen LogP contribution in [0, 0.1) is 23.3 Å². The maximum Gasteiger partial charge on any atom is 0.196 e. The molecule has 106 valence electrons. The van der Waals surface area contributed by atoms with Crippen LogP contribution < -0.4 is 5.32 Å². The minimum Gasteiger partial charge on any atom is -0.337 e. The molecule has 0 aliphatic rings. The smallest absolute Gasteiger partial charge is 0.196 e. The Bertz CT molecular complexity index is 836. The molecular weight excluding hydrogens is 286 g/mol. The fourth-order valence-corrected chi connectivity index (χ4v) is 1.88. The number of nitrogens with one attached hydrogen (secondary N) is 1. The third kappa shape index (κ3) is 2.37. The van der Waals surface area contributed by atoms with E-state index in [-0.39, 0.29) is 11.5 Å². The van der Waals surface area contributed by atoms with Gasteiger partial charge in [-0.15, -0.1) is 0 Å². The second kappa shape index (κ2) is 5.01. The van der Waals surface area contributed by atoms with Crippen molar-refractivity contribution in [2.45, 2.75) is 0 Å². The molecule has 7 heteroatoms. The fraction of sp³-hybridized carbons (Fsp3) is 0. The van der Waals surface area contributed by atoms with Gasteiger partial charge in [0.05, 0.1) is 11.2 Å². The van der Waals surface area contributed by atoms with Crippen LogP contribution in [0.3, 0.4) is 0 Å². The fourth-order valence-electron chi connectivity index (χ4n) is 1.88. The Kier molecular flexibility index (Phi) is 3.17. The van der Waals surface area contributed by atoms with Crippen molar-refractivity contribution < 1.29 is 17.6 Å². The van der Waals surface area contributed by atoms with Gasteiger partial charge in [-0.3, -0.25) is 0 Å². The Labute approximate surface area is 116 Å². The van der Waals surface area contributed by atoms with E-state index in [9.17, 15) is 17.6 Å². The normalized spacial score (nSPS) is 10.9. The van der Waals surface area contributed by atoms with E-state index in [0.717, 1.165) is 18.2 Å². The van der Waals surface area contributed by atoms with Crippen molar-refractivity contribution in [1.29, 1.82) is 0 Å². The Morgan fingerprint density at radius 1 is 0.857 bits per heavy atom. The highest BCUT2D eigenvalue weighted by Crippen LogP contribution is 2.26. The van der Waals surface area contributed by atoms with Crippen molar-refractivity contribution in [2.75, 3.05) is 5.32 Å². The SMILES string of the molecule is Fc1ccc2ncnc(Nc3ccc(F)c(F)c3F)c2c1. The van der Waals surface area contributed by atoms with Crippen LogP contribution in [-0.2, 0) is 0 Å². The maximum absolute atomic E-state index is 13.6. The standard InChI is InChI=1S/C14H7F4N3/c15-7-1-3-10-8(5-7)14(20-6-19-10)21-11-4-2-9(16)12(17)13(11)18/h1-6H,(H,19,20,21). The molecule has 0 atom stereocenters. The molecule has 0 amide bonds. The highest BCUT2D eigenvalue weighted by Gasteiger charge is 2.15. The van der Waals surface area contributed by atoms with Crippen LogP contribution in [0.5, 0.6) is 0 Å². The molecule has 0 fully saturated rings. The number of benzene rings is 2. The van der Waals surface area contributed by atoms with E-state index >= 15 is 0 Å². The monoisotopic (exact) mass is 293 g/mol. The first-order valence-corrected chi connectivity index (χ1v) is 5.87. The van der Waals surface area contributed by atoms with Crippen LogP contribution in [0.1, 0.15) is 0 Å². The van der Waals surface area contributed by atoms with Crippen molar-refractivity contribution in [1.82, 2.24) is 9.97 Å². The lowest BCUT2D eigenvalue weighted by molar-refractivity contribution is 0.449. The van der Waals surface area contributed by atoms with Gasteiger partial charge in [0.15, 0.2) is 17.5 Å². The first-order valence-electron chi connectivity index (χ1n) is 5.87. The number of fused-ring (bicyclic) bond motifs is 1. The molecule has 0 saturated carbocycles. The molecule has 1 N–H and O–H groups in total. The molecule has 1 heterocycles. The van der Waals surface area contributed by atoms with Crippen molar-refractivity contribution >= 4 is 22.4 Å². The van der Waals surface area contributed by atoms with E-state index in [1.165, 1.54) is 18.5 Å². The first kappa shape index (κ1) is 13.3. The second-order valence-corrected chi connectivity index (χ2v) is 4.23. The summed E-state index contributed by atoms with van der Waals surface area (Å²) in [7, 11) is 0. The third-order valence-corrected chi connectivity index (χ3v) is 2.89. The quantitative estimate of drug-likeness (QED) is 0.574. The number of aromatic nitrogens is 2. The van der Waals surface area contributed by atoms with Gasteiger partial charge >= 0.3 is 0 Å². The van der Waals surface area contributed by atoms with E-state index in [4.69, 9.17) is 0 Å². The molecule has 0 spiro atoms. The van der Waals surface area contributed by atoms with E-state index in [1.807, 2.05) is 0 Å². The zero-order valence-electron chi connectivity index (χ0n) is 10.4. The summed E-state index contributed by atoms with van der Waals surface area (Å²) in [6.07, 6.45) is 1.19. The summed E-state index contributed by atoms with van der Waals surface area (Å²) in [6, 6.07) is 5.62. The Morgan fingerprint density at radius 2 is 1.67 bits per heavy atom. The summed E-state index contributed by atoms with van der Waals surface area (Å²) in [5.41, 5.74) is 0.120. The highest BCUT2D eigenvalue weighted by molar-refractivity contribution is 5.90. The van der Waals surface area contributed by atoms with Gasteiger partial charge in [0.25, 0.3) is 0 Å². The van der Waals surface area contributed by atoms with Crippen LogP contribution in [-0.4, -0.2) is 9.97 Å². The minimum atomic E-state index is -1.59. The molecule has 3 aromatic rings. The van der Waals surface area contributed by atoms with E-state index < -0.39 is 23.3 Å². The summed E-state index contributed by atoms with van der Waals surface area (Å²) < 4.78 is 53.0. The lowest BCUT2D eigenvalue weighted by atomic mass is 10.2. The zero-order chi connectivity index (χ0) is 15.0. The molecule has 0 saturated heterocycles. The number of hydrogen-bond donors (Lipinski definition) is 1. The lowest BCUT2D eigenvalue weighted by Gasteiger charge is -2.09. The zero-order valence-corrected chi connectivity index (χ0v) is 10.4. The molecule has 1 aromatic heterocycles. The molecule has 0 radical (unpaired) electrons. The second-order valence-electron chi connectivity index (χ2n) is 4.23. The lowest BCUT2D eigenvalue weighted by Crippen LogP contribution is -2.01. The Morgan fingerprint density at radius 3 is 2.48 bits per heavy atom. The highest BCUT2D eigenvalue weighted by atomic mass is 19.2. The number of hydrogen-bond acceptors (Lipinski definition) is 3. The molecule has 0 bridgehead atoms. The van der Waals surface area contributed by atoms with Gasteiger partial charge in [0.2, 0.25) is 0 Å². The number of halogens is 4. The van der Waals surface area contributed by atoms with Crippen molar-refractivity contribution in [3.63, 3.8) is 0 Å². The van der Waals surface area contributed by atoms with Crippen molar-refractivity contribution in [3.8, 4) is 0 Å². The topological polar surface area (TPSA) is 37.8 Å². The Hall–Kier alpha value is -2.70. The van der Waals surface area contributed by atoms with Gasteiger partial charge in [-0.05, 0) is 30.3 Å². The van der Waals surface area contributed by atoms with E-state index in [2.05, 4.69) is 15.3 Å². The van der Waals surface area contributed by atoms with Gasteiger partial charge in [-0.1, -0.05) is 0 Å². The van der Waals surface area contributed by atoms with Crippen LogP contribution in [0.25, 0.3) is 10.9 Å². The van der Waals surface area contributed by atoms with Crippen LogP contribution in [0.15, 0.2) is 36.7 Å². The summed E-state index contributed by atoms with van der Waals surface area (Å²) in [5, 5.41) is 2.80. The molecule has 0 aliphatic heterocycles. The van der Waals surface area contributed by atoms with Crippen LogP contribution in [0.4, 0.5) is 29.1 Å². The number of nitrogens with zero attached hydrogens (tertiary/aromatic N) is 2. The van der Waals surface area contributed by atoms with E-state index in [0.29, 0.717) is 10.9 Å². The van der Waals surface area contributed by atoms with Crippen molar-refractivity contribution in [3.05, 3.63) is 59.9 Å². The average Bonchev–Trinajstić information content (AvgIpc) is 2.48. The third-order valence-electron chi connectivity index (χ3n) is 2.89. The predicted molar refractivity (Wildman–Crippen MR) is 69.1 cm³/mol. The molecule has 0 unspecified atom stereocenters. The van der Waals surface area contributed by atoms with Gasteiger partial charge in [0, 0.05) is 5.39 Å². The number of rotatable bonds is 2. The summed E-state index contributed by atoms with van der Waals surface area (Å²) >= 11 is 0. The van der Waals surface area contributed by atoms with Gasteiger partial charge in [-0.2, -0.15) is 0 Å². The molecule has 3 nitrogen and oxygen atoms in total. The molecule has 2 aromatic carbocycles. The summed E-state index contributed by atoms with van der Waals surface area (Å²) in [4.78, 5) is 7.80. The Balaban J connectivity index is 2.10. The summed E-state index contributed by atoms with van der Waals surface area (Å²) in [6.45, 7) is 0. The minimum absolute atomic E-state index is 0.0874. The predicted octanol–water partition coefficient (Wildman–Crippen LogP) is 3.93. The molecule has 21 heavy (non-hydrogen) atoms. The molecule has 0 aliphatic carbocycles. The molecular formula is C14H7F4N3. The van der Waals surface area contributed by atoms with Crippen LogP contribution in [0.2, 0.25) is 0 Å². The maximum atomic E-state index is 13.6. The average molecular weight is 293 g/mol. The van der Waals surface area contributed by atoms with Crippen molar-refractivity contribution in [2.24, 2.45) is 0 Å². The van der Waals surface area contributed by atoms with E-state index in [1.54, 1.807) is 0 Å². The van der Waals surface area contributed by atoms with Crippen LogP contribution >= 0.6 is 0 Å². The van der Waals surface area contributed by atoms with Gasteiger partial charge in [0.1, 0.15) is 18.0 Å². The largest absolute Gasteiger partial charge is 0.337 e. The van der Waals surface area contributed by atoms with Gasteiger partial charge in [-0.25, -0.2) is 27.5 Å². The van der Waals surface area contributed by atoms with Gasteiger partial charge < -0.3 is 5.32 Å². The number of anilines is 2.